The molecule has 0 bridgehead atoms. The van der Waals surface area contributed by atoms with Crippen LogP contribution in [0.25, 0.3) is 10.9 Å². The zero-order valence-corrected chi connectivity index (χ0v) is 12.0. The van der Waals surface area contributed by atoms with Crippen LogP contribution < -0.4 is 5.32 Å². The van der Waals surface area contributed by atoms with Crippen LogP contribution in [0.5, 0.6) is 0 Å². The lowest BCUT2D eigenvalue weighted by molar-refractivity contribution is 0.0694. The highest BCUT2D eigenvalue weighted by Gasteiger charge is 2.22. The highest BCUT2D eigenvalue weighted by molar-refractivity contribution is 5.81. The molecule has 20 heavy (non-hydrogen) atoms. The van der Waals surface area contributed by atoms with Crippen LogP contribution in [-0.2, 0) is 13.6 Å². The van der Waals surface area contributed by atoms with E-state index in [0.717, 1.165) is 31.6 Å². The summed E-state index contributed by atoms with van der Waals surface area (Å²) in [6, 6.07) is 8.31. The summed E-state index contributed by atoms with van der Waals surface area (Å²) in [7, 11) is 1.98. The molecular formula is C16H23N3O. The molecule has 0 radical (unpaired) electrons. The molecule has 1 fully saturated rings. The van der Waals surface area contributed by atoms with Crippen LogP contribution in [0.3, 0.4) is 0 Å². The number of para-hydroxylation sites is 1. The topological polar surface area (TPSA) is 50.1 Å². The normalized spacial score (nSPS) is 23.3. The van der Waals surface area contributed by atoms with Gasteiger partial charge in [0, 0.05) is 25.5 Å². The van der Waals surface area contributed by atoms with E-state index in [2.05, 4.69) is 28.6 Å². The van der Waals surface area contributed by atoms with E-state index in [1.54, 1.807) is 0 Å². The third-order valence-electron chi connectivity index (χ3n) is 4.40. The molecule has 4 nitrogen and oxygen atoms in total. The van der Waals surface area contributed by atoms with Gasteiger partial charge in [-0.1, -0.05) is 31.0 Å². The van der Waals surface area contributed by atoms with Crippen molar-refractivity contribution in [1.29, 1.82) is 0 Å². The molecule has 1 saturated carbocycles. The van der Waals surface area contributed by atoms with Gasteiger partial charge in [0.25, 0.3) is 0 Å². The Hall–Kier alpha value is -1.39. The first-order valence-corrected chi connectivity index (χ1v) is 7.55. The second kappa shape index (κ2) is 5.94. The Bertz CT molecular complexity index is 578. The van der Waals surface area contributed by atoms with E-state index in [1.807, 2.05) is 17.8 Å². The SMILES string of the molecule is Cn1nc(CNCC2CCCCC2O)c2ccccc21. The first-order valence-electron chi connectivity index (χ1n) is 7.55. The molecule has 2 aromatic rings. The lowest BCUT2D eigenvalue weighted by Crippen LogP contribution is -2.33. The third-order valence-corrected chi connectivity index (χ3v) is 4.40. The van der Waals surface area contributed by atoms with E-state index < -0.39 is 0 Å². The Morgan fingerprint density at radius 1 is 1.30 bits per heavy atom. The molecule has 2 N–H and O–H groups in total. The highest BCUT2D eigenvalue weighted by atomic mass is 16.3. The van der Waals surface area contributed by atoms with Gasteiger partial charge >= 0.3 is 0 Å². The number of hydrogen-bond acceptors (Lipinski definition) is 3. The molecule has 1 aromatic carbocycles. The quantitative estimate of drug-likeness (QED) is 0.898. The van der Waals surface area contributed by atoms with Crippen molar-refractivity contribution in [2.45, 2.75) is 38.3 Å². The highest BCUT2D eigenvalue weighted by Crippen LogP contribution is 2.24. The minimum absolute atomic E-state index is 0.128. The standard InChI is InChI=1S/C16H23N3O/c1-19-15-8-4-3-7-13(15)14(18-19)11-17-10-12-6-2-5-9-16(12)20/h3-4,7-8,12,16-17,20H,2,5-6,9-11H2,1H3. The Kier molecular flexibility index (Phi) is 4.03. The maximum Gasteiger partial charge on any atom is 0.0841 e. The summed E-state index contributed by atoms with van der Waals surface area (Å²) in [5.74, 6) is 0.402. The summed E-state index contributed by atoms with van der Waals surface area (Å²) < 4.78 is 1.93. The minimum Gasteiger partial charge on any atom is -0.393 e. The van der Waals surface area contributed by atoms with E-state index in [9.17, 15) is 5.11 Å². The number of nitrogens with one attached hydrogen (secondary N) is 1. The summed E-state index contributed by atoms with van der Waals surface area (Å²) in [5, 5.41) is 19.3. The number of aromatic nitrogens is 2. The van der Waals surface area contributed by atoms with Crippen LogP contribution >= 0.6 is 0 Å². The molecule has 0 aliphatic heterocycles. The van der Waals surface area contributed by atoms with Gasteiger partial charge in [0.05, 0.1) is 17.3 Å². The first kappa shape index (κ1) is 13.6. The molecule has 3 rings (SSSR count). The van der Waals surface area contributed by atoms with Crippen molar-refractivity contribution in [1.82, 2.24) is 15.1 Å². The fraction of sp³-hybridized carbons (Fsp3) is 0.562. The van der Waals surface area contributed by atoms with Crippen LogP contribution in [0, 0.1) is 5.92 Å². The number of aryl methyl sites for hydroxylation is 1. The Balaban J connectivity index is 1.62. The van der Waals surface area contributed by atoms with Crippen molar-refractivity contribution >= 4 is 10.9 Å². The molecule has 2 atom stereocenters. The number of aliphatic hydroxyl groups excluding tert-OH is 1. The number of nitrogens with zero attached hydrogens (tertiary/aromatic N) is 2. The molecule has 1 heterocycles. The van der Waals surface area contributed by atoms with Gasteiger partial charge in [-0.05, 0) is 24.8 Å². The summed E-state index contributed by atoms with van der Waals surface area (Å²) >= 11 is 0. The number of hydrogen-bond donors (Lipinski definition) is 2. The fourth-order valence-electron chi connectivity index (χ4n) is 3.22. The van der Waals surface area contributed by atoms with Crippen LogP contribution in [0.15, 0.2) is 24.3 Å². The maximum atomic E-state index is 9.98. The monoisotopic (exact) mass is 273 g/mol. The van der Waals surface area contributed by atoms with Crippen molar-refractivity contribution < 1.29 is 5.11 Å². The first-order chi connectivity index (χ1) is 9.75. The van der Waals surface area contributed by atoms with Gasteiger partial charge in [0.2, 0.25) is 0 Å². The average molecular weight is 273 g/mol. The van der Waals surface area contributed by atoms with Crippen LogP contribution in [0.2, 0.25) is 0 Å². The molecule has 108 valence electrons. The number of fused-ring (bicyclic) bond motifs is 1. The molecule has 0 amide bonds. The van der Waals surface area contributed by atoms with Gasteiger partial charge in [-0.3, -0.25) is 4.68 Å². The molecule has 1 aromatic heterocycles. The number of aliphatic hydroxyl groups is 1. The van der Waals surface area contributed by atoms with E-state index in [1.165, 1.54) is 23.7 Å². The van der Waals surface area contributed by atoms with E-state index >= 15 is 0 Å². The number of benzene rings is 1. The van der Waals surface area contributed by atoms with Crippen molar-refractivity contribution in [2.75, 3.05) is 6.54 Å². The summed E-state index contributed by atoms with van der Waals surface area (Å²) in [6.45, 7) is 1.65. The summed E-state index contributed by atoms with van der Waals surface area (Å²) in [5.41, 5.74) is 2.26. The zero-order valence-electron chi connectivity index (χ0n) is 12.0. The third kappa shape index (κ3) is 2.72. The average Bonchev–Trinajstić information content (AvgIpc) is 2.78. The molecule has 1 aliphatic carbocycles. The number of rotatable bonds is 4. The molecule has 0 spiro atoms. The van der Waals surface area contributed by atoms with Gasteiger partial charge < -0.3 is 10.4 Å². The largest absolute Gasteiger partial charge is 0.393 e. The van der Waals surface area contributed by atoms with Crippen molar-refractivity contribution in [3.8, 4) is 0 Å². The van der Waals surface area contributed by atoms with E-state index in [0.29, 0.717) is 5.92 Å². The molecule has 2 unspecified atom stereocenters. The van der Waals surface area contributed by atoms with Gasteiger partial charge in [-0.25, -0.2) is 0 Å². The Morgan fingerprint density at radius 3 is 2.95 bits per heavy atom. The second-order valence-electron chi connectivity index (χ2n) is 5.83. The molecule has 0 saturated heterocycles. The summed E-state index contributed by atoms with van der Waals surface area (Å²) in [6.07, 6.45) is 4.38. The Labute approximate surface area is 119 Å². The maximum absolute atomic E-state index is 9.98. The smallest absolute Gasteiger partial charge is 0.0841 e. The van der Waals surface area contributed by atoms with Crippen molar-refractivity contribution in [3.63, 3.8) is 0 Å². The van der Waals surface area contributed by atoms with Gasteiger partial charge in [-0.15, -0.1) is 0 Å². The van der Waals surface area contributed by atoms with Crippen molar-refractivity contribution in [3.05, 3.63) is 30.0 Å². The Morgan fingerprint density at radius 2 is 2.10 bits per heavy atom. The zero-order chi connectivity index (χ0) is 13.9. The van der Waals surface area contributed by atoms with Gasteiger partial charge in [0.15, 0.2) is 0 Å². The molecular weight excluding hydrogens is 250 g/mol. The predicted octanol–water partition coefficient (Wildman–Crippen LogP) is 2.21. The second-order valence-corrected chi connectivity index (χ2v) is 5.83. The lowest BCUT2D eigenvalue weighted by Gasteiger charge is -2.27. The lowest BCUT2D eigenvalue weighted by atomic mass is 9.86. The predicted molar refractivity (Wildman–Crippen MR) is 80.4 cm³/mol. The molecule has 1 aliphatic rings. The van der Waals surface area contributed by atoms with E-state index in [-0.39, 0.29) is 6.10 Å². The van der Waals surface area contributed by atoms with Gasteiger partial charge in [0.1, 0.15) is 0 Å². The molecule has 4 heteroatoms. The van der Waals surface area contributed by atoms with Crippen molar-refractivity contribution in [2.24, 2.45) is 13.0 Å². The van der Waals surface area contributed by atoms with Crippen LogP contribution in [0.4, 0.5) is 0 Å². The summed E-state index contributed by atoms with van der Waals surface area (Å²) in [4.78, 5) is 0. The van der Waals surface area contributed by atoms with Gasteiger partial charge in [-0.2, -0.15) is 5.10 Å². The van der Waals surface area contributed by atoms with E-state index in [4.69, 9.17) is 0 Å². The van der Waals surface area contributed by atoms with Crippen LogP contribution in [-0.4, -0.2) is 27.5 Å². The fourth-order valence-corrected chi connectivity index (χ4v) is 3.22. The van der Waals surface area contributed by atoms with Crippen LogP contribution in [0.1, 0.15) is 31.4 Å². The minimum atomic E-state index is -0.128.